The summed E-state index contributed by atoms with van der Waals surface area (Å²) in [5.41, 5.74) is 9.52. The average molecular weight is 604 g/mol. The van der Waals surface area contributed by atoms with Crippen LogP contribution in [0, 0.1) is 0 Å². The Hall–Kier alpha value is -6.13. The molecule has 0 unspecified atom stereocenters. The summed E-state index contributed by atoms with van der Waals surface area (Å²) in [5, 5.41) is 4.39. The monoisotopic (exact) mass is 603 g/mol. The summed E-state index contributed by atoms with van der Waals surface area (Å²) in [5.74, 6) is 1.89. The maximum atomic E-state index is 6.66. The molecule has 0 N–H and O–H groups in total. The lowest BCUT2D eigenvalue weighted by molar-refractivity contribution is 0.667. The number of hydrogen-bond donors (Lipinski definition) is 0. The zero-order valence-electron chi connectivity index (χ0n) is 25.6. The molecule has 0 saturated carbocycles. The lowest BCUT2D eigenvalue weighted by atomic mass is 9.88. The summed E-state index contributed by atoms with van der Waals surface area (Å²) in [6.07, 6.45) is 6.41. The highest BCUT2D eigenvalue weighted by molar-refractivity contribution is 6.14. The Bertz CT molecular complexity index is 2510. The van der Waals surface area contributed by atoms with E-state index in [1.165, 1.54) is 22.1 Å². The molecular weight excluding hydrogens is 574 g/mol. The molecule has 0 radical (unpaired) electrons. The molecule has 222 valence electrons. The van der Waals surface area contributed by atoms with Gasteiger partial charge in [-0.2, -0.15) is 0 Å². The number of rotatable bonds is 5. The van der Waals surface area contributed by atoms with Crippen molar-refractivity contribution in [2.24, 2.45) is 0 Å². The number of para-hydroxylation sites is 1. The van der Waals surface area contributed by atoms with Crippen LogP contribution in [0.15, 0.2) is 156 Å². The van der Waals surface area contributed by atoms with Crippen molar-refractivity contribution in [1.29, 1.82) is 0 Å². The second-order valence-electron chi connectivity index (χ2n) is 11.9. The first kappa shape index (κ1) is 27.2. The molecule has 2 heterocycles. The smallest absolute Gasteiger partial charge is 0.164 e. The molecule has 47 heavy (non-hydrogen) atoms. The zero-order valence-corrected chi connectivity index (χ0v) is 25.6. The number of fused-ring (bicyclic) bond motifs is 4. The second-order valence-corrected chi connectivity index (χ2v) is 11.9. The maximum absolute atomic E-state index is 6.66. The van der Waals surface area contributed by atoms with Gasteiger partial charge in [-0.1, -0.05) is 133 Å². The van der Waals surface area contributed by atoms with Crippen molar-refractivity contribution in [1.82, 2.24) is 15.0 Å². The Balaban J connectivity index is 1.25. The zero-order chi connectivity index (χ0) is 31.2. The Kier molecular flexibility index (Phi) is 6.57. The summed E-state index contributed by atoms with van der Waals surface area (Å²) >= 11 is 0. The van der Waals surface area contributed by atoms with Crippen LogP contribution in [-0.2, 0) is 0 Å². The van der Waals surface area contributed by atoms with Gasteiger partial charge in [0.2, 0.25) is 0 Å². The van der Waals surface area contributed by atoms with Crippen molar-refractivity contribution in [3.63, 3.8) is 0 Å². The predicted octanol–water partition coefficient (Wildman–Crippen LogP) is 11.2. The van der Waals surface area contributed by atoms with Crippen molar-refractivity contribution < 1.29 is 4.42 Å². The van der Waals surface area contributed by atoms with Crippen LogP contribution in [0.4, 0.5) is 0 Å². The summed E-state index contributed by atoms with van der Waals surface area (Å²) in [6.45, 7) is 0. The van der Waals surface area contributed by atoms with Crippen molar-refractivity contribution in [3.05, 3.63) is 163 Å². The molecule has 4 heteroatoms. The van der Waals surface area contributed by atoms with Gasteiger partial charge in [-0.3, -0.25) is 0 Å². The Morgan fingerprint density at radius 3 is 1.85 bits per heavy atom. The third-order valence-corrected chi connectivity index (χ3v) is 9.08. The summed E-state index contributed by atoms with van der Waals surface area (Å²) in [4.78, 5) is 15.2. The van der Waals surface area contributed by atoms with E-state index in [0.29, 0.717) is 17.5 Å². The van der Waals surface area contributed by atoms with E-state index in [0.717, 1.165) is 62.4 Å². The fourth-order valence-corrected chi connectivity index (χ4v) is 6.69. The van der Waals surface area contributed by atoms with Crippen LogP contribution in [0.25, 0.3) is 78.0 Å². The van der Waals surface area contributed by atoms with Crippen LogP contribution in [0.3, 0.4) is 0 Å². The van der Waals surface area contributed by atoms with Crippen LogP contribution >= 0.6 is 0 Å². The number of allylic oxidation sites excluding steroid dienone is 4. The molecule has 4 nitrogen and oxygen atoms in total. The normalized spacial score (nSPS) is 13.2. The Morgan fingerprint density at radius 1 is 0.447 bits per heavy atom. The lowest BCUT2D eigenvalue weighted by Crippen LogP contribution is -2.01. The molecule has 0 aliphatic heterocycles. The number of furan rings is 1. The second kappa shape index (κ2) is 11.3. The van der Waals surface area contributed by atoms with Crippen LogP contribution in [-0.4, -0.2) is 15.0 Å². The molecule has 0 fully saturated rings. The molecule has 2 aromatic heterocycles. The van der Waals surface area contributed by atoms with Gasteiger partial charge in [0.05, 0.1) is 0 Å². The van der Waals surface area contributed by atoms with E-state index in [4.69, 9.17) is 19.4 Å². The Labute approximate surface area is 272 Å². The van der Waals surface area contributed by atoms with Gasteiger partial charge in [-0.15, -0.1) is 0 Å². The van der Waals surface area contributed by atoms with Gasteiger partial charge in [0.25, 0.3) is 0 Å². The van der Waals surface area contributed by atoms with Crippen molar-refractivity contribution in [3.8, 4) is 34.2 Å². The first-order valence-corrected chi connectivity index (χ1v) is 16.0. The minimum absolute atomic E-state index is 0.619. The van der Waals surface area contributed by atoms with Crippen LogP contribution < -0.4 is 0 Å². The number of benzene rings is 6. The van der Waals surface area contributed by atoms with Gasteiger partial charge < -0.3 is 4.42 Å². The average Bonchev–Trinajstić information content (AvgIpc) is 3.55. The largest absolute Gasteiger partial charge is 0.455 e. The molecule has 0 spiro atoms. The summed E-state index contributed by atoms with van der Waals surface area (Å²) in [6, 6.07) is 48.1. The molecular formula is C43H29N3O. The van der Waals surface area contributed by atoms with E-state index in [2.05, 4.69) is 109 Å². The van der Waals surface area contributed by atoms with Crippen molar-refractivity contribution in [2.45, 2.75) is 12.8 Å². The molecule has 6 aromatic carbocycles. The number of nitrogens with zero attached hydrogens (tertiary/aromatic N) is 3. The topological polar surface area (TPSA) is 51.8 Å². The molecule has 9 rings (SSSR count). The first-order valence-electron chi connectivity index (χ1n) is 16.0. The third-order valence-electron chi connectivity index (χ3n) is 9.08. The fraction of sp³-hybridized carbons (Fsp3) is 0.0465. The van der Waals surface area contributed by atoms with Crippen molar-refractivity contribution >= 4 is 43.9 Å². The van der Waals surface area contributed by atoms with Crippen LogP contribution in [0.2, 0.25) is 0 Å². The third kappa shape index (κ3) is 4.91. The molecule has 1 aliphatic carbocycles. The SMILES string of the molecule is C1=C(c2ccccc2)CCC(c2ccc(-c3nc(-c4ccccc4)nc(-c4ccc5ccccc5c4)n3)c3c2oc2ccccc23)=C1. The lowest BCUT2D eigenvalue weighted by Gasteiger charge is -2.16. The highest BCUT2D eigenvalue weighted by atomic mass is 16.3. The van der Waals surface area contributed by atoms with E-state index < -0.39 is 0 Å². The quantitative estimate of drug-likeness (QED) is 0.196. The van der Waals surface area contributed by atoms with E-state index in [1.54, 1.807) is 0 Å². The van der Waals surface area contributed by atoms with Gasteiger partial charge in [0.15, 0.2) is 17.5 Å². The molecule has 0 atom stereocenters. The van der Waals surface area contributed by atoms with Crippen LogP contribution in [0.1, 0.15) is 24.0 Å². The van der Waals surface area contributed by atoms with E-state index >= 15 is 0 Å². The van der Waals surface area contributed by atoms with Gasteiger partial charge >= 0.3 is 0 Å². The minimum atomic E-state index is 0.619. The predicted molar refractivity (Wildman–Crippen MR) is 193 cm³/mol. The number of aromatic nitrogens is 3. The molecule has 0 bridgehead atoms. The van der Waals surface area contributed by atoms with Gasteiger partial charge in [-0.25, -0.2) is 15.0 Å². The first-order chi connectivity index (χ1) is 23.3. The van der Waals surface area contributed by atoms with E-state index in [9.17, 15) is 0 Å². The molecule has 0 amide bonds. The molecule has 0 saturated heterocycles. The maximum Gasteiger partial charge on any atom is 0.164 e. The Morgan fingerprint density at radius 2 is 1.06 bits per heavy atom. The van der Waals surface area contributed by atoms with E-state index in [-0.39, 0.29) is 0 Å². The molecule has 1 aliphatic rings. The highest BCUT2D eigenvalue weighted by Crippen LogP contribution is 2.42. The number of hydrogen-bond acceptors (Lipinski definition) is 4. The van der Waals surface area contributed by atoms with Crippen LogP contribution in [0.5, 0.6) is 0 Å². The standard InChI is InChI=1S/C43H29N3O/c1-3-11-28(12-4-1)30-19-22-31(23-20-30)35-25-26-37(39-36-17-9-10-18-38(36)47-40(35)39)43-45-41(32-14-5-2-6-15-32)44-42(46-43)34-24-21-29-13-7-8-16-33(29)27-34/h1-19,21-22,24-27H,20,23H2. The fourth-order valence-electron chi connectivity index (χ4n) is 6.69. The highest BCUT2D eigenvalue weighted by Gasteiger charge is 2.22. The van der Waals surface area contributed by atoms with Gasteiger partial charge in [0.1, 0.15) is 11.2 Å². The van der Waals surface area contributed by atoms with Gasteiger partial charge in [0, 0.05) is 33.0 Å². The summed E-state index contributed by atoms with van der Waals surface area (Å²) in [7, 11) is 0. The minimum Gasteiger partial charge on any atom is -0.455 e. The van der Waals surface area contributed by atoms with E-state index in [1.807, 2.05) is 42.5 Å². The van der Waals surface area contributed by atoms with Gasteiger partial charge in [-0.05, 0) is 58.5 Å². The van der Waals surface area contributed by atoms with Crippen molar-refractivity contribution in [2.75, 3.05) is 0 Å². The molecule has 8 aromatic rings. The summed E-state index contributed by atoms with van der Waals surface area (Å²) < 4.78 is 6.66.